The zero-order chi connectivity index (χ0) is 20.7. The van der Waals surface area contributed by atoms with Gasteiger partial charge < -0.3 is 4.74 Å². The molecule has 1 atom stereocenters. The highest BCUT2D eigenvalue weighted by Crippen LogP contribution is 2.36. The average molecular weight is 429 g/mol. The first kappa shape index (κ1) is 20.5. The van der Waals surface area contributed by atoms with Crippen molar-refractivity contribution >= 4 is 42.4 Å². The Morgan fingerprint density at radius 2 is 2.04 bits per heavy atom. The number of rotatable bonds is 4. The van der Waals surface area contributed by atoms with Crippen LogP contribution in [0.15, 0.2) is 30.5 Å². The van der Waals surface area contributed by atoms with Crippen LogP contribution in [0, 0.1) is 6.92 Å². The molecule has 1 aromatic carbocycles. The lowest BCUT2D eigenvalue weighted by atomic mass is 9.79. The topological polar surface area (TPSA) is 68.3 Å². The Labute approximate surface area is 168 Å². The molecular weight excluding hydrogens is 416 g/mol. The Kier molecular flexibility index (Phi) is 5.37. The van der Waals surface area contributed by atoms with E-state index < -0.39 is 16.4 Å². The summed E-state index contributed by atoms with van der Waals surface area (Å²) in [5, 5.41) is 1.63. The molecule has 5 nitrogen and oxygen atoms in total. The molecule has 1 saturated heterocycles. The second-order valence-electron chi connectivity index (χ2n) is 6.45. The van der Waals surface area contributed by atoms with Crippen molar-refractivity contribution in [3.05, 3.63) is 52.2 Å². The van der Waals surface area contributed by atoms with Crippen LogP contribution in [0.2, 0.25) is 5.02 Å². The number of alkyl halides is 3. The van der Waals surface area contributed by atoms with Gasteiger partial charge in [0.15, 0.2) is 0 Å². The summed E-state index contributed by atoms with van der Waals surface area (Å²) < 4.78 is 42.6. The summed E-state index contributed by atoms with van der Waals surface area (Å²) in [5.41, 5.74) is 0.652. The minimum atomic E-state index is -4.55. The minimum Gasteiger partial charge on any atom is -0.438 e. The van der Waals surface area contributed by atoms with Crippen LogP contribution < -0.4 is 10.1 Å². The number of hydrogen-bond acceptors (Lipinski definition) is 5. The molecule has 0 saturated carbocycles. The number of carbonyl (C=O) groups excluding carboxylic acids is 2. The van der Waals surface area contributed by atoms with Crippen molar-refractivity contribution in [2.45, 2.75) is 24.2 Å². The van der Waals surface area contributed by atoms with Gasteiger partial charge >= 0.3 is 6.18 Å². The van der Waals surface area contributed by atoms with Gasteiger partial charge in [0.05, 0.1) is 10.2 Å². The van der Waals surface area contributed by atoms with E-state index in [2.05, 4.69) is 10.3 Å². The van der Waals surface area contributed by atoms with Gasteiger partial charge in [-0.15, -0.1) is 0 Å². The van der Waals surface area contributed by atoms with Crippen molar-refractivity contribution in [1.29, 1.82) is 0 Å². The number of aryl methyl sites for hydroxylation is 1. The van der Waals surface area contributed by atoms with Crippen molar-refractivity contribution < 1.29 is 27.5 Å². The van der Waals surface area contributed by atoms with Crippen LogP contribution in [0.3, 0.4) is 0 Å². The van der Waals surface area contributed by atoms with E-state index in [0.29, 0.717) is 18.4 Å². The van der Waals surface area contributed by atoms with Crippen LogP contribution in [-0.2, 0) is 17.4 Å². The van der Waals surface area contributed by atoms with E-state index in [4.69, 9.17) is 16.3 Å². The highest BCUT2D eigenvalue weighted by atomic mass is 35.5. The maximum Gasteiger partial charge on any atom is 0.417 e. The van der Waals surface area contributed by atoms with E-state index in [9.17, 15) is 22.8 Å². The summed E-state index contributed by atoms with van der Waals surface area (Å²) in [6.07, 6.45) is -3.56. The van der Waals surface area contributed by atoms with Crippen LogP contribution in [0.25, 0.3) is 0 Å². The number of benzene rings is 1. The maximum absolute atomic E-state index is 12.7. The highest BCUT2D eigenvalue weighted by Gasteiger charge is 2.43. The molecule has 2 aromatic rings. The predicted octanol–water partition coefficient (Wildman–Crippen LogP) is 3.71. The van der Waals surface area contributed by atoms with Gasteiger partial charge in [-0.05, 0) is 42.7 Å². The monoisotopic (exact) mass is 428 g/mol. The zero-order valence-electron chi connectivity index (χ0n) is 14.7. The zero-order valence-corrected chi connectivity index (χ0v) is 16.3. The molecule has 146 valence electrons. The molecule has 1 fully saturated rings. The number of amides is 2. The number of ether oxygens (including phenoxy) is 1. The molecule has 1 aliphatic rings. The van der Waals surface area contributed by atoms with Crippen molar-refractivity contribution in [2.75, 3.05) is 0 Å². The van der Waals surface area contributed by atoms with Crippen molar-refractivity contribution in [3.63, 3.8) is 0 Å². The predicted molar refractivity (Wildman–Crippen MR) is 102 cm³/mol. The number of nitrogens with zero attached hydrogens (tertiary/aromatic N) is 1. The number of halogens is 4. The lowest BCUT2D eigenvalue weighted by Gasteiger charge is -2.20. The number of thioether (sulfide) groups is 1. The first-order valence-electron chi connectivity index (χ1n) is 8.02. The van der Waals surface area contributed by atoms with Crippen LogP contribution in [0.1, 0.15) is 16.7 Å². The van der Waals surface area contributed by atoms with E-state index in [1.807, 2.05) is 0 Å². The number of carbonyl (C=O) groups is 2. The molecule has 0 aliphatic carbocycles. The number of aromatic nitrogens is 1. The molecule has 3 rings (SSSR count). The Morgan fingerprint density at radius 3 is 2.57 bits per heavy atom. The van der Waals surface area contributed by atoms with Crippen LogP contribution in [-0.4, -0.2) is 28.6 Å². The third kappa shape index (κ3) is 4.28. The van der Waals surface area contributed by atoms with Crippen LogP contribution in [0.5, 0.6) is 11.6 Å². The third-order valence-electron chi connectivity index (χ3n) is 4.20. The van der Waals surface area contributed by atoms with Crippen molar-refractivity contribution in [3.8, 4) is 11.6 Å². The average Bonchev–Trinajstić information content (AvgIpc) is 2.83. The first-order valence-corrected chi connectivity index (χ1v) is 9.22. The summed E-state index contributed by atoms with van der Waals surface area (Å²) in [4.78, 5) is 27.1. The quantitative estimate of drug-likeness (QED) is 0.752. The molecular formula is C17H13BClF3N2O3S. The fraction of sp³-hybridized carbons (Fsp3) is 0.235. The molecule has 1 aromatic heterocycles. The highest BCUT2D eigenvalue weighted by molar-refractivity contribution is 8.17. The molecule has 11 heteroatoms. The van der Waals surface area contributed by atoms with Crippen molar-refractivity contribution in [2.24, 2.45) is 0 Å². The van der Waals surface area contributed by atoms with Gasteiger partial charge in [0.2, 0.25) is 11.8 Å². The number of nitrogens with one attached hydrogen (secondary N) is 1. The van der Waals surface area contributed by atoms with Crippen LogP contribution >= 0.6 is 23.4 Å². The molecule has 0 spiro atoms. The van der Waals surface area contributed by atoms with Gasteiger partial charge in [-0.1, -0.05) is 29.4 Å². The maximum atomic E-state index is 12.7. The normalized spacial score (nSPS) is 19.6. The fourth-order valence-electron chi connectivity index (χ4n) is 2.68. The number of hydrogen-bond donors (Lipinski definition) is 1. The Bertz CT molecular complexity index is 973. The molecule has 28 heavy (non-hydrogen) atoms. The second kappa shape index (κ2) is 7.33. The molecule has 1 N–H and O–H groups in total. The molecule has 0 radical (unpaired) electrons. The van der Waals surface area contributed by atoms with E-state index >= 15 is 0 Å². The standard InChI is InChI=1S/C17H13BClF3N2O3S/c1-8-4-11(27-13-12(19)5-10(7-23-13)17(20,21)22)3-2-9(8)6-16(18)14(25)24-15(26)28-16/h2-5,7H,6,18H2,1H3,(H,24,25,26)/t16-/m0/s1. The van der Waals surface area contributed by atoms with E-state index in [1.165, 1.54) is 0 Å². The molecule has 2 amide bonds. The SMILES string of the molecule is B[C@@]1(Cc2ccc(Oc3ncc(C(F)(F)F)cc3Cl)cc2C)SC(=O)NC1=O. The molecule has 0 unspecified atom stereocenters. The van der Waals surface area contributed by atoms with Gasteiger partial charge in [0.1, 0.15) is 18.6 Å². The van der Waals surface area contributed by atoms with Gasteiger partial charge in [-0.25, -0.2) is 4.98 Å². The Hall–Kier alpha value is -2.20. The van der Waals surface area contributed by atoms with Crippen molar-refractivity contribution in [1.82, 2.24) is 10.3 Å². The first-order chi connectivity index (χ1) is 13.0. The third-order valence-corrected chi connectivity index (χ3v) is 5.54. The summed E-state index contributed by atoms with van der Waals surface area (Å²) >= 11 is 6.79. The van der Waals surface area contributed by atoms with E-state index in [0.717, 1.165) is 29.0 Å². The summed E-state index contributed by atoms with van der Waals surface area (Å²) in [7, 11) is 1.69. The van der Waals surface area contributed by atoms with Gasteiger partial charge in [-0.2, -0.15) is 13.2 Å². The summed E-state index contributed by atoms with van der Waals surface area (Å²) in [5.74, 6) is -0.159. The number of pyridine rings is 1. The largest absolute Gasteiger partial charge is 0.438 e. The summed E-state index contributed by atoms with van der Waals surface area (Å²) in [6.45, 7) is 1.80. The number of imide groups is 1. The lowest BCUT2D eigenvalue weighted by Crippen LogP contribution is -2.39. The smallest absolute Gasteiger partial charge is 0.417 e. The second-order valence-corrected chi connectivity index (χ2v) is 8.33. The molecule has 0 bridgehead atoms. The Balaban J connectivity index is 1.78. The summed E-state index contributed by atoms with van der Waals surface area (Å²) in [6, 6.07) is 5.73. The van der Waals surface area contributed by atoms with Gasteiger partial charge in [0.25, 0.3) is 5.24 Å². The fourth-order valence-corrected chi connectivity index (χ4v) is 3.81. The van der Waals surface area contributed by atoms with Gasteiger partial charge in [0, 0.05) is 6.20 Å². The van der Waals surface area contributed by atoms with E-state index in [1.54, 1.807) is 33.0 Å². The van der Waals surface area contributed by atoms with E-state index in [-0.39, 0.29) is 22.0 Å². The van der Waals surface area contributed by atoms with Crippen LogP contribution in [0.4, 0.5) is 18.0 Å². The molecule has 2 heterocycles. The molecule has 1 aliphatic heterocycles. The lowest BCUT2D eigenvalue weighted by molar-refractivity contribution is -0.137. The van der Waals surface area contributed by atoms with Gasteiger partial charge in [-0.3, -0.25) is 14.9 Å². The minimum absolute atomic E-state index is 0.148. The Morgan fingerprint density at radius 1 is 1.32 bits per heavy atom.